The Bertz CT molecular complexity index is 1030. The molecule has 25 heavy (non-hydrogen) atoms. The van der Waals surface area contributed by atoms with Crippen molar-refractivity contribution >= 4 is 21.0 Å². The number of benzene rings is 1. The van der Waals surface area contributed by atoms with Crippen molar-refractivity contribution in [1.82, 2.24) is 19.2 Å². The third kappa shape index (κ3) is 2.74. The van der Waals surface area contributed by atoms with Crippen molar-refractivity contribution < 1.29 is 17.2 Å². The maximum atomic E-state index is 13.4. The van der Waals surface area contributed by atoms with Gasteiger partial charge in [-0.25, -0.2) is 17.8 Å². The van der Waals surface area contributed by atoms with Gasteiger partial charge in [0.25, 0.3) is 10.0 Å². The van der Waals surface area contributed by atoms with Gasteiger partial charge < -0.3 is 14.3 Å². The van der Waals surface area contributed by atoms with E-state index in [9.17, 15) is 12.8 Å². The highest BCUT2D eigenvalue weighted by Crippen LogP contribution is 2.31. The van der Waals surface area contributed by atoms with E-state index in [2.05, 4.69) is 10.3 Å². The Labute approximate surface area is 144 Å². The molecule has 0 saturated carbocycles. The first-order chi connectivity index (χ1) is 12.0. The van der Waals surface area contributed by atoms with Crippen molar-refractivity contribution in [2.24, 2.45) is 7.05 Å². The first-order valence-corrected chi connectivity index (χ1v) is 9.30. The van der Waals surface area contributed by atoms with Crippen molar-refractivity contribution in [3.05, 3.63) is 48.3 Å². The van der Waals surface area contributed by atoms with Gasteiger partial charge in [0.15, 0.2) is 0 Å². The van der Waals surface area contributed by atoms with Crippen LogP contribution in [0.5, 0.6) is 0 Å². The van der Waals surface area contributed by atoms with Crippen molar-refractivity contribution in [1.29, 1.82) is 0 Å². The summed E-state index contributed by atoms with van der Waals surface area (Å²) in [6, 6.07) is 4.85. The van der Waals surface area contributed by atoms with E-state index in [1.54, 1.807) is 17.0 Å². The van der Waals surface area contributed by atoms with Crippen molar-refractivity contribution in [2.75, 3.05) is 19.6 Å². The van der Waals surface area contributed by atoms with Crippen LogP contribution in [0, 0.1) is 5.82 Å². The van der Waals surface area contributed by atoms with Gasteiger partial charge in [-0.3, -0.25) is 0 Å². The molecule has 7 nitrogen and oxygen atoms in total. The fourth-order valence-corrected chi connectivity index (χ4v) is 4.66. The van der Waals surface area contributed by atoms with Crippen LogP contribution in [-0.4, -0.2) is 41.9 Å². The number of rotatable bonds is 3. The van der Waals surface area contributed by atoms with Gasteiger partial charge in [-0.2, -0.15) is 4.31 Å². The minimum Gasteiger partial charge on any atom is -0.443 e. The number of nitrogens with one attached hydrogen (secondary N) is 1. The van der Waals surface area contributed by atoms with E-state index in [1.165, 1.54) is 28.6 Å². The smallest absolute Gasteiger partial charge is 0.277 e. The number of hydrogen-bond donors (Lipinski definition) is 1. The molecule has 4 rings (SSSR count). The molecule has 2 aromatic heterocycles. The van der Waals surface area contributed by atoms with Crippen LogP contribution >= 0.6 is 0 Å². The van der Waals surface area contributed by atoms with Crippen LogP contribution in [0.3, 0.4) is 0 Å². The second kappa shape index (κ2) is 5.94. The molecule has 1 aromatic carbocycles. The molecule has 3 aromatic rings. The lowest BCUT2D eigenvalue weighted by Crippen LogP contribution is -2.49. The van der Waals surface area contributed by atoms with Gasteiger partial charge in [-0.05, 0) is 18.2 Å². The highest BCUT2D eigenvalue weighted by Gasteiger charge is 2.38. The molecule has 0 amide bonds. The molecule has 0 spiro atoms. The summed E-state index contributed by atoms with van der Waals surface area (Å²) in [6.07, 6.45) is 3.41. The SMILES string of the molecule is Cn1ccnc1C1CNCCN1S(=O)(=O)c1cc2cc(F)ccc2o1. The number of furan rings is 1. The molecule has 0 radical (unpaired) electrons. The maximum Gasteiger partial charge on any atom is 0.277 e. The topological polar surface area (TPSA) is 80.4 Å². The number of piperazine rings is 1. The van der Waals surface area contributed by atoms with Crippen LogP contribution in [0.25, 0.3) is 11.0 Å². The number of fused-ring (bicyclic) bond motifs is 1. The molecule has 0 bridgehead atoms. The second-order valence-electron chi connectivity index (χ2n) is 5.98. The van der Waals surface area contributed by atoms with Gasteiger partial charge in [0.1, 0.15) is 17.2 Å². The molecule has 1 fully saturated rings. The Morgan fingerprint density at radius 3 is 2.96 bits per heavy atom. The van der Waals surface area contributed by atoms with E-state index in [0.717, 1.165) is 0 Å². The quantitative estimate of drug-likeness (QED) is 0.764. The summed E-state index contributed by atoms with van der Waals surface area (Å²) in [4.78, 5) is 4.29. The van der Waals surface area contributed by atoms with Gasteiger partial charge in [0.05, 0.1) is 6.04 Å². The zero-order valence-electron chi connectivity index (χ0n) is 13.5. The average molecular weight is 364 g/mol. The summed E-state index contributed by atoms with van der Waals surface area (Å²) in [5, 5.41) is 3.43. The number of aromatic nitrogens is 2. The molecule has 1 saturated heterocycles. The van der Waals surface area contributed by atoms with Gasteiger partial charge in [0, 0.05) is 50.5 Å². The van der Waals surface area contributed by atoms with Gasteiger partial charge in [-0.15, -0.1) is 0 Å². The van der Waals surface area contributed by atoms with Gasteiger partial charge in [0.2, 0.25) is 5.09 Å². The summed E-state index contributed by atoms with van der Waals surface area (Å²) < 4.78 is 48.3. The van der Waals surface area contributed by atoms with E-state index >= 15 is 0 Å². The summed E-state index contributed by atoms with van der Waals surface area (Å²) in [7, 11) is -2.05. The summed E-state index contributed by atoms with van der Waals surface area (Å²) in [6.45, 7) is 1.29. The molecule has 1 N–H and O–H groups in total. The molecule has 1 aliphatic heterocycles. The lowest BCUT2D eigenvalue weighted by Gasteiger charge is -2.33. The normalized spacial score (nSPS) is 19.5. The second-order valence-corrected chi connectivity index (χ2v) is 7.80. The van der Waals surface area contributed by atoms with Crippen LogP contribution in [0.4, 0.5) is 4.39 Å². The van der Waals surface area contributed by atoms with Crippen LogP contribution < -0.4 is 5.32 Å². The summed E-state index contributed by atoms with van der Waals surface area (Å²) in [5.41, 5.74) is 0.337. The Balaban J connectivity index is 1.77. The highest BCUT2D eigenvalue weighted by molar-refractivity contribution is 7.89. The number of aryl methyl sites for hydroxylation is 1. The van der Waals surface area contributed by atoms with Crippen molar-refractivity contribution in [3.63, 3.8) is 0 Å². The molecule has 1 atom stereocenters. The van der Waals surface area contributed by atoms with Crippen molar-refractivity contribution in [3.8, 4) is 0 Å². The van der Waals surface area contributed by atoms with E-state index in [0.29, 0.717) is 36.4 Å². The fraction of sp³-hybridized carbons (Fsp3) is 0.312. The third-order valence-corrected chi connectivity index (χ3v) is 6.13. The zero-order valence-corrected chi connectivity index (χ0v) is 14.3. The number of sulfonamides is 1. The van der Waals surface area contributed by atoms with Crippen LogP contribution in [0.1, 0.15) is 11.9 Å². The van der Waals surface area contributed by atoms with E-state index < -0.39 is 21.9 Å². The average Bonchev–Trinajstić information content (AvgIpc) is 3.20. The lowest BCUT2D eigenvalue weighted by atomic mass is 10.2. The fourth-order valence-electron chi connectivity index (χ4n) is 3.12. The van der Waals surface area contributed by atoms with Crippen molar-refractivity contribution in [2.45, 2.75) is 11.1 Å². The standard InChI is InChI=1S/C16H17FN4O3S/c1-20-6-5-19-16(20)13-10-18-4-7-21(13)25(22,23)15-9-11-8-12(17)2-3-14(11)24-15/h2-3,5-6,8-9,13,18H,4,7,10H2,1H3. The van der Waals surface area contributed by atoms with Crippen LogP contribution in [-0.2, 0) is 17.1 Å². The monoisotopic (exact) mass is 364 g/mol. The van der Waals surface area contributed by atoms with E-state index in [-0.39, 0.29) is 5.09 Å². The Morgan fingerprint density at radius 1 is 1.36 bits per heavy atom. The lowest BCUT2D eigenvalue weighted by molar-refractivity contribution is 0.253. The molecular formula is C16H17FN4O3S. The third-order valence-electron chi connectivity index (χ3n) is 4.37. The van der Waals surface area contributed by atoms with E-state index in [4.69, 9.17) is 4.42 Å². The predicted octanol–water partition coefficient (Wildman–Crippen LogP) is 1.64. The number of nitrogens with zero attached hydrogens (tertiary/aromatic N) is 3. The number of hydrogen-bond acceptors (Lipinski definition) is 5. The summed E-state index contributed by atoms with van der Waals surface area (Å²) >= 11 is 0. The Hall–Kier alpha value is -2.23. The minimum absolute atomic E-state index is 0.186. The number of halogens is 1. The summed E-state index contributed by atoms with van der Waals surface area (Å²) in [5.74, 6) is 0.211. The van der Waals surface area contributed by atoms with Crippen LogP contribution in [0.15, 0.2) is 46.2 Å². The Kier molecular flexibility index (Phi) is 3.86. The number of imidazole rings is 1. The molecule has 1 unspecified atom stereocenters. The zero-order chi connectivity index (χ0) is 17.6. The van der Waals surface area contributed by atoms with Crippen LogP contribution in [0.2, 0.25) is 0 Å². The largest absolute Gasteiger partial charge is 0.443 e. The molecule has 132 valence electrons. The molecular weight excluding hydrogens is 347 g/mol. The first-order valence-electron chi connectivity index (χ1n) is 7.86. The molecule has 3 heterocycles. The molecule has 9 heteroatoms. The predicted molar refractivity (Wildman–Crippen MR) is 88.9 cm³/mol. The first kappa shape index (κ1) is 16.2. The Morgan fingerprint density at radius 2 is 2.20 bits per heavy atom. The highest BCUT2D eigenvalue weighted by atomic mass is 32.2. The minimum atomic E-state index is -3.88. The molecule has 0 aliphatic carbocycles. The van der Waals surface area contributed by atoms with E-state index in [1.807, 2.05) is 7.05 Å². The maximum absolute atomic E-state index is 13.4. The van der Waals surface area contributed by atoms with Gasteiger partial charge >= 0.3 is 0 Å². The van der Waals surface area contributed by atoms with Gasteiger partial charge in [-0.1, -0.05) is 0 Å². The molecule has 1 aliphatic rings.